The number of fused-ring (bicyclic) bond motifs is 1. The third kappa shape index (κ3) is 3.44. The number of barbiturate groups is 1. The minimum Gasteiger partial charge on any atom is -0.454 e. The number of carbonyl (C=O) groups is 3. The van der Waals surface area contributed by atoms with Crippen LogP contribution in [-0.2, 0) is 9.59 Å². The Kier molecular flexibility index (Phi) is 4.94. The van der Waals surface area contributed by atoms with Crippen LogP contribution in [0.2, 0.25) is 5.02 Å². The molecule has 2 aliphatic heterocycles. The molecule has 0 radical (unpaired) electrons. The van der Waals surface area contributed by atoms with Crippen molar-refractivity contribution in [1.82, 2.24) is 9.88 Å². The van der Waals surface area contributed by atoms with E-state index in [4.69, 9.17) is 21.1 Å². The molecule has 9 heteroatoms. The third-order valence-electron chi connectivity index (χ3n) is 5.58. The van der Waals surface area contributed by atoms with Crippen molar-refractivity contribution in [1.29, 1.82) is 0 Å². The quantitative estimate of drug-likeness (QED) is 0.465. The molecule has 0 atom stereocenters. The number of benzene rings is 2. The summed E-state index contributed by atoms with van der Waals surface area (Å²) in [5, 5.41) is 2.81. The van der Waals surface area contributed by atoms with E-state index >= 15 is 0 Å². The monoisotopic (exact) mass is 463 g/mol. The van der Waals surface area contributed by atoms with Crippen LogP contribution in [0.1, 0.15) is 17.0 Å². The summed E-state index contributed by atoms with van der Waals surface area (Å²) < 4.78 is 12.6. The molecule has 0 aliphatic carbocycles. The number of hydrogen-bond acceptors (Lipinski definition) is 5. The molecule has 0 saturated carbocycles. The smallest absolute Gasteiger partial charge is 0.335 e. The van der Waals surface area contributed by atoms with Gasteiger partial charge in [-0.25, -0.2) is 9.69 Å². The van der Waals surface area contributed by atoms with Crippen molar-refractivity contribution >= 4 is 41.2 Å². The molecule has 0 unspecified atom stereocenters. The second kappa shape index (κ2) is 7.83. The van der Waals surface area contributed by atoms with Gasteiger partial charge in [-0.1, -0.05) is 23.7 Å². The van der Waals surface area contributed by atoms with Crippen LogP contribution in [0.3, 0.4) is 0 Å². The molecule has 2 aromatic carbocycles. The average molecular weight is 464 g/mol. The molecule has 33 heavy (non-hydrogen) atoms. The predicted molar refractivity (Wildman–Crippen MR) is 122 cm³/mol. The Morgan fingerprint density at radius 2 is 1.76 bits per heavy atom. The van der Waals surface area contributed by atoms with E-state index in [9.17, 15) is 14.4 Å². The van der Waals surface area contributed by atoms with Crippen molar-refractivity contribution in [3.63, 3.8) is 0 Å². The van der Waals surface area contributed by atoms with Crippen LogP contribution in [0.25, 0.3) is 11.8 Å². The van der Waals surface area contributed by atoms with Crippen molar-refractivity contribution in [2.75, 3.05) is 11.7 Å². The lowest BCUT2D eigenvalue weighted by Crippen LogP contribution is -2.54. The summed E-state index contributed by atoms with van der Waals surface area (Å²) in [6.45, 7) is 3.84. The van der Waals surface area contributed by atoms with Crippen molar-refractivity contribution in [3.05, 3.63) is 76.1 Å². The standard InChI is InChI=1S/C24H18ClN3O5/c1-13-9-15(14(2)27(13)19-6-4-3-5-18(19)25)10-17-22(29)26-24(31)28(23(17)30)16-7-8-20-21(11-16)33-12-32-20/h3-11H,12H2,1-2H3,(H,26,29,31)/b17-10+. The fourth-order valence-electron chi connectivity index (χ4n) is 4.01. The van der Waals surface area contributed by atoms with E-state index in [-0.39, 0.29) is 18.1 Å². The SMILES string of the molecule is Cc1cc(/C=C2\C(=O)NC(=O)N(c3ccc4c(c3)OCO4)C2=O)c(C)n1-c1ccccc1Cl. The second-order valence-corrected chi connectivity index (χ2v) is 8.02. The summed E-state index contributed by atoms with van der Waals surface area (Å²) in [5.41, 5.74) is 3.22. The first kappa shape index (κ1) is 20.8. The van der Waals surface area contributed by atoms with Gasteiger partial charge in [-0.2, -0.15) is 0 Å². The number of carbonyl (C=O) groups excluding carboxylic acids is 3. The van der Waals surface area contributed by atoms with E-state index in [0.29, 0.717) is 22.1 Å². The van der Waals surface area contributed by atoms with Gasteiger partial charge in [0.2, 0.25) is 6.79 Å². The topological polar surface area (TPSA) is 89.9 Å². The van der Waals surface area contributed by atoms with Crippen molar-refractivity contribution in [2.24, 2.45) is 0 Å². The number of para-hydroxylation sites is 1. The number of aromatic nitrogens is 1. The highest BCUT2D eigenvalue weighted by Gasteiger charge is 2.37. The Morgan fingerprint density at radius 1 is 1.00 bits per heavy atom. The summed E-state index contributed by atoms with van der Waals surface area (Å²) in [4.78, 5) is 39.3. The molecule has 1 aromatic heterocycles. The van der Waals surface area contributed by atoms with E-state index < -0.39 is 17.8 Å². The molecule has 1 fully saturated rings. The first-order valence-corrected chi connectivity index (χ1v) is 10.5. The predicted octanol–water partition coefficient (Wildman–Crippen LogP) is 4.14. The zero-order valence-electron chi connectivity index (χ0n) is 17.7. The van der Waals surface area contributed by atoms with Crippen LogP contribution in [0.5, 0.6) is 11.5 Å². The number of nitrogens with one attached hydrogen (secondary N) is 1. The van der Waals surface area contributed by atoms with Crippen molar-refractivity contribution in [2.45, 2.75) is 13.8 Å². The molecule has 2 aliphatic rings. The molecular formula is C24H18ClN3O5. The van der Waals surface area contributed by atoms with Gasteiger partial charge in [-0.3, -0.25) is 14.9 Å². The highest BCUT2D eigenvalue weighted by molar-refractivity contribution is 6.39. The lowest BCUT2D eigenvalue weighted by molar-refractivity contribution is -0.122. The Morgan fingerprint density at radius 3 is 2.55 bits per heavy atom. The number of imide groups is 2. The maximum atomic E-state index is 13.3. The lowest BCUT2D eigenvalue weighted by atomic mass is 10.1. The summed E-state index contributed by atoms with van der Waals surface area (Å²) >= 11 is 6.38. The second-order valence-electron chi connectivity index (χ2n) is 7.61. The fraction of sp³-hybridized carbons (Fsp3) is 0.125. The van der Waals surface area contributed by atoms with Crippen LogP contribution in [0.15, 0.2) is 54.1 Å². The molecule has 166 valence electrons. The molecule has 4 amide bonds. The first-order chi connectivity index (χ1) is 15.8. The normalized spacial score (nSPS) is 16.5. The minimum absolute atomic E-state index is 0.0591. The van der Waals surface area contributed by atoms with Gasteiger partial charge >= 0.3 is 6.03 Å². The number of ether oxygens (including phenoxy) is 2. The van der Waals surface area contributed by atoms with Crippen molar-refractivity contribution in [3.8, 4) is 17.2 Å². The summed E-state index contributed by atoms with van der Waals surface area (Å²) in [7, 11) is 0. The van der Waals surface area contributed by atoms with Crippen LogP contribution in [-0.4, -0.2) is 29.2 Å². The number of aryl methyl sites for hydroxylation is 1. The molecule has 5 rings (SSSR count). The van der Waals surface area contributed by atoms with Gasteiger partial charge in [-0.05, 0) is 55.8 Å². The number of urea groups is 1. The molecule has 0 bridgehead atoms. The number of rotatable bonds is 3. The van der Waals surface area contributed by atoms with Crippen LogP contribution < -0.4 is 19.7 Å². The van der Waals surface area contributed by atoms with Gasteiger partial charge in [0.05, 0.1) is 16.4 Å². The number of anilines is 1. The van der Waals surface area contributed by atoms with Gasteiger partial charge in [-0.15, -0.1) is 0 Å². The number of amides is 4. The zero-order chi connectivity index (χ0) is 23.3. The molecule has 8 nitrogen and oxygen atoms in total. The summed E-state index contributed by atoms with van der Waals surface area (Å²) in [5.74, 6) is -0.559. The zero-order valence-corrected chi connectivity index (χ0v) is 18.5. The Hall–Kier alpha value is -4.04. The van der Waals surface area contributed by atoms with Crippen molar-refractivity contribution < 1.29 is 23.9 Å². The van der Waals surface area contributed by atoms with Crippen LogP contribution in [0.4, 0.5) is 10.5 Å². The van der Waals surface area contributed by atoms with Gasteiger partial charge in [0.1, 0.15) is 5.57 Å². The van der Waals surface area contributed by atoms with E-state index in [0.717, 1.165) is 22.0 Å². The molecule has 1 N–H and O–H groups in total. The molecule has 0 spiro atoms. The minimum atomic E-state index is -0.831. The van der Waals surface area contributed by atoms with E-state index in [1.54, 1.807) is 18.2 Å². The Balaban J connectivity index is 1.55. The molecule has 1 saturated heterocycles. The highest BCUT2D eigenvalue weighted by atomic mass is 35.5. The maximum absolute atomic E-state index is 13.3. The Bertz CT molecular complexity index is 1370. The van der Waals surface area contributed by atoms with Crippen LogP contribution >= 0.6 is 11.6 Å². The number of hydrogen-bond donors (Lipinski definition) is 1. The maximum Gasteiger partial charge on any atom is 0.335 e. The largest absolute Gasteiger partial charge is 0.454 e. The fourth-order valence-corrected chi connectivity index (χ4v) is 4.23. The molecule has 3 aromatic rings. The van der Waals surface area contributed by atoms with Gasteiger partial charge in [0.25, 0.3) is 11.8 Å². The highest BCUT2D eigenvalue weighted by Crippen LogP contribution is 2.36. The van der Waals surface area contributed by atoms with Gasteiger partial charge < -0.3 is 14.0 Å². The van der Waals surface area contributed by atoms with Crippen LogP contribution in [0, 0.1) is 13.8 Å². The summed E-state index contributed by atoms with van der Waals surface area (Å²) in [6, 6.07) is 13.1. The average Bonchev–Trinajstić information content (AvgIpc) is 3.35. The Labute approximate surface area is 194 Å². The molecule has 3 heterocycles. The van der Waals surface area contributed by atoms with E-state index in [1.165, 1.54) is 12.1 Å². The summed E-state index contributed by atoms with van der Waals surface area (Å²) in [6.07, 6.45) is 1.49. The van der Waals surface area contributed by atoms with Gasteiger partial charge in [0.15, 0.2) is 11.5 Å². The van der Waals surface area contributed by atoms with E-state index in [2.05, 4.69) is 5.32 Å². The van der Waals surface area contributed by atoms with E-state index in [1.807, 2.05) is 42.7 Å². The third-order valence-corrected chi connectivity index (χ3v) is 5.90. The molecular weight excluding hydrogens is 446 g/mol. The van der Waals surface area contributed by atoms with Gasteiger partial charge in [0, 0.05) is 17.5 Å². The lowest BCUT2D eigenvalue weighted by Gasteiger charge is -2.26. The number of halogens is 1. The first-order valence-electron chi connectivity index (χ1n) is 10.1. The number of nitrogens with zero attached hydrogens (tertiary/aromatic N) is 2.